The number of nitrogens with one attached hydrogen (secondary N) is 2. The molecule has 6 nitrogen and oxygen atoms in total. The molecule has 0 unspecified atom stereocenters. The van der Waals surface area contributed by atoms with Crippen molar-refractivity contribution in [1.29, 1.82) is 0 Å². The average molecular weight is 264 g/mol. The van der Waals surface area contributed by atoms with Crippen molar-refractivity contribution >= 4 is 0 Å². The van der Waals surface area contributed by atoms with Crippen molar-refractivity contribution in [3.63, 3.8) is 0 Å². The Morgan fingerprint density at radius 1 is 1.00 bits per heavy atom. The topological polar surface area (TPSA) is 83.0 Å². The standard InChI is InChI=1S/C12H28N2O4/c1-11(2)9-12(16)14-4-6-18-8-7-17-5-3-13-10-15/h11-16H,3-10H2,1-2H3/t12-/m1/s1. The first-order valence-electron chi connectivity index (χ1n) is 6.55. The summed E-state index contributed by atoms with van der Waals surface area (Å²) in [7, 11) is 0. The van der Waals surface area contributed by atoms with E-state index in [0.717, 1.165) is 6.42 Å². The second kappa shape index (κ2) is 13.2. The number of hydrogen-bond acceptors (Lipinski definition) is 6. The third kappa shape index (κ3) is 13.8. The van der Waals surface area contributed by atoms with Gasteiger partial charge in [-0.15, -0.1) is 0 Å². The van der Waals surface area contributed by atoms with Gasteiger partial charge in [-0.05, 0) is 12.3 Å². The zero-order valence-corrected chi connectivity index (χ0v) is 11.5. The van der Waals surface area contributed by atoms with Crippen LogP contribution in [0.15, 0.2) is 0 Å². The second-order valence-corrected chi connectivity index (χ2v) is 4.48. The van der Waals surface area contributed by atoms with E-state index in [9.17, 15) is 5.11 Å². The molecule has 0 amide bonds. The van der Waals surface area contributed by atoms with E-state index in [0.29, 0.717) is 45.4 Å². The molecule has 0 aromatic rings. The summed E-state index contributed by atoms with van der Waals surface area (Å²) >= 11 is 0. The van der Waals surface area contributed by atoms with E-state index in [1.165, 1.54) is 0 Å². The van der Waals surface area contributed by atoms with E-state index in [-0.39, 0.29) is 6.73 Å². The van der Waals surface area contributed by atoms with Crippen LogP contribution >= 0.6 is 0 Å². The average Bonchev–Trinajstić information content (AvgIpc) is 2.30. The highest BCUT2D eigenvalue weighted by molar-refractivity contribution is 4.55. The van der Waals surface area contributed by atoms with Gasteiger partial charge in [0.25, 0.3) is 0 Å². The van der Waals surface area contributed by atoms with E-state index >= 15 is 0 Å². The molecule has 0 saturated carbocycles. The van der Waals surface area contributed by atoms with Crippen LogP contribution in [0.1, 0.15) is 20.3 Å². The molecular weight excluding hydrogens is 236 g/mol. The molecular formula is C12H28N2O4. The largest absolute Gasteiger partial charge is 0.381 e. The van der Waals surface area contributed by atoms with Crippen LogP contribution in [0.5, 0.6) is 0 Å². The summed E-state index contributed by atoms with van der Waals surface area (Å²) in [6, 6.07) is 0. The highest BCUT2D eigenvalue weighted by Gasteiger charge is 2.04. The molecule has 0 fully saturated rings. The van der Waals surface area contributed by atoms with Gasteiger partial charge in [-0.2, -0.15) is 0 Å². The zero-order chi connectivity index (χ0) is 13.6. The van der Waals surface area contributed by atoms with Crippen molar-refractivity contribution in [3.05, 3.63) is 0 Å². The van der Waals surface area contributed by atoms with Gasteiger partial charge in [0.2, 0.25) is 0 Å². The summed E-state index contributed by atoms with van der Waals surface area (Å²) < 4.78 is 10.6. The van der Waals surface area contributed by atoms with Crippen LogP contribution < -0.4 is 10.6 Å². The van der Waals surface area contributed by atoms with Crippen LogP contribution in [0, 0.1) is 5.92 Å². The van der Waals surface area contributed by atoms with Gasteiger partial charge in [-0.1, -0.05) is 13.8 Å². The molecule has 0 aliphatic rings. The van der Waals surface area contributed by atoms with Gasteiger partial charge < -0.3 is 19.7 Å². The Morgan fingerprint density at radius 2 is 1.61 bits per heavy atom. The number of hydrogen-bond donors (Lipinski definition) is 4. The number of rotatable bonds is 13. The van der Waals surface area contributed by atoms with E-state index in [4.69, 9.17) is 14.6 Å². The molecule has 0 saturated heterocycles. The van der Waals surface area contributed by atoms with Crippen molar-refractivity contribution in [1.82, 2.24) is 10.6 Å². The molecule has 0 aliphatic carbocycles. The number of aliphatic hydroxyl groups is 2. The normalized spacial score (nSPS) is 13.2. The fraction of sp³-hybridized carbons (Fsp3) is 1.00. The Bertz CT molecular complexity index is 170. The van der Waals surface area contributed by atoms with Crippen molar-refractivity contribution in [2.24, 2.45) is 5.92 Å². The van der Waals surface area contributed by atoms with E-state index in [1.54, 1.807) is 0 Å². The van der Waals surface area contributed by atoms with Crippen molar-refractivity contribution < 1.29 is 19.7 Å². The van der Waals surface area contributed by atoms with E-state index in [1.807, 2.05) is 0 Å². The van der Waals surface area contributed by atoms with Gasteiger partial charge in [0.1, 0.15) is 6.23 Å². The molecule has 4 N–H and O–H groups in total. The first-order chi connectivity index (χ1) is 8.66. The summed E-state index contributed by atoms with van der Waals surface area (Å²) in [5.41, 5.74) is 0. The lowest BCUT2D eigenvalue weighted by Crippen LogP contribution is -2.33. The summed E-state index contributed by atoms with van der Waals surface area (Å²) in [6.07, 6.45) is 0.301. The third-order valence-corrected chi connectivity index (χ3v) is 2.23. The molecule has 0 heterocycles. The van der Waals surface area contributed by atoms with Crippen LogP contribution in [-0.2, 0) is 9.47 Å². The molecule has 0 bridgehead atoms. The zero-order valence-electron chi connectivity index (χ0n) is 11.5. The third-order valence-electron chi connectivity index (χ3n) is 2.23. The van der Waals surface area contributed by atoms with Crippen LogP contribution in [0.3, 0.4) is 0 Å². The number of ether oxygens (including phenoxy) is 2. The number of aliphatic hydroxyl groups excluding tert-OH is 2. The molecule has 110 valence electrons. The maximum Gasteiger partial charge on any atom is 0.105 e. The SMILES string of the molecule is CC(C)C[C@@H](O)NCCOCCOCCNCO. The van der Waals surface area contributed by atoms with Gasteiger partial charge in [0.05, 0.1) is 33.2 Å². The van der Waals surface area contributed by atoms with Crippen LogP contribution in [0.25, 0.3) is 0 Å². The predicted octanol–water partition coefficient (Wildman–Crippen LogP) is -0.487. The summed E-state index contributed by atoms with van der Waals surface area (Å²) in [5, 5.41) is 23.7. The second-order valence-electron chi connectivity index (χ2n) is 4.48. The predicted molar refractivity (Wildman–Crippen MR) is 70.2 cm³/mol. The molecule has 6 heteroatoms. The Kier molecular flexibility index (Phi) is 13.0. The quantitative estimate of drug-likeness (QED) is 0.265. The van der Waals surface area contributed by atoms with Gasteiger partial charge in [0.15, 0.2) is 0 Å². The lowest BCUT2D eigenvalue weighted by molar-refractivity contribution is 0.0407. The molecule has 1 atom stereocenters. The van der Waals surface area contributed by atoms with Crippen molar-refractivity contribution in [2.45, 2.75) is 26.5 Å². The van der Waals surface area contributed by atoms with Crippen LogP contribution in [0.4, 0.5) is 0 Å². The molecule has 0 aliphatic heterocycles. The smallest absolute Gasteiger partial charge is 0.105 e. The fourth-order valence-corrected chi connectivity index (χ4v) is 1.37. The maximum atomic E-state index is 9.52. The molecule has 0 aromatic heterocycles. The summed E-state index contributed by atoms with van der Waals surface area (Å²) in [5.74, 6) is 0.481. The monoisotopic (exact) mass is 264 g/mol. The minimum atomic E-state index is -0.450. The molecule has 0 rings (SSSR count). The Labute approximate surface area is 110 Å². The molecule has 0 aromatic carbocycles. The van der Waals surface area contributed by atoms with Crippen molar-refractivity contribution in [3.8, 4) is 0 Å². The minimum absolute atomic E-state index is 0.0236. The summed E-state index contributed by atoms with van der Waals surface area (Å²) in [4.78, 5) is 0. The van der Waals surface area contributed by atoms with Gasteiger partial charge in [-0.25, -0.2) is 0 Å². The van der Waals surface area contributed by atoms with Gasteiger partial charge in [-0.3, -0.25) is 10.6 Å². The Morgan fingerprint density at radius 3 is 2.17 bits per heavy atom. The molecule has 18 heavy (non-hydrogen) atoms. The lowest BCUT2D eigenvalue weighted by Gasteiger charge is -2.14. The minimum Gasteiger partial charge on any atom is -0.381 e. The molecule has 0 radical (unpaired) electrons. The van der Waals surface area contributed by atoms with Gasteiger partial charge >= 0.3 is 0 Å². The summed E-state index contributed by atoms with van der Waals surface area (Å²) in [6.45, 7) is 7.61. The van der Waals surface area contributed by atoms with E-state index < -0.39 is 6.23 Å². The van der Waals surface area contributed by atoms with Crippen molar-refractivity contribution in [2.75, 3.05) is 46.2 Å². The Balaban J connectivity index is 3.07. The molecule has 0 spiro atoms. The first kappa shape index (κ1) is 17.8. The van der Waals surface area contributed by atoms with E-state index in [2.05, 4.69) is 24.5 Å². The highest BCUT2D eigenvalue weighted by atomic mass is 16.5. The highest BCUT2D eigenvalue weighted by Crippen LogP contribution is 2.01. The van der Waals surface area contributed by atoms with Crippen LogP contribution in [0.2, 0.25) is 0 Å². The van der Waals surface area contributed by atoms with Crippen LogP contribution in [-0.4, -0.2) is 62.7 Å². The van der Waals surface area contributed by atoms with Gasteiger partial charge in [0, 0.05) is 13.1 Å². The lowest BCUT2D eigenvalue weighted by atomic mass is 10.1. The fourth-order valence-electron chi connectivity index (χ4n) is 1.37. The maximum absolute atomic E-state index is 9.52. The Hall–Kier alpha value is -0.240. The first-order valence-corrected chi connectivity index (χ1v) is 6.55.